The lowest BCUT2D eigenvalue weighted by Crippen LogP contribution is -2.37. The highest BCUT2D eigenvalue weighted by Gasteiger charge is 2.63. The molecule has 0 bridgehead atoms. The summed E-state index contributed by atoms with van der Waals surface area (Å²) >= 11 is 0. The van der Waals surface area contributed by atoms with Gasteiger partial charge >= 0.3 is 11.9 Å². The van der Waals surface area contributed by atoms with Crippen LogP contribution >= 0.6 is 0 Å². The summed E-state index contributed by atoms with van der Waals surface area (Å²) in [6.45, 7) is 11.6. The van der Waals surface area contributed by atoms with Gasteiger partial charge in [0.25, 0.3) is 0 Å². The Bertz CT molecular complexity index is 703. The van der Waals surface area contributed by atoms with Crippen LogP contribution in [0.5, 0.6) is 0 Å². The predicted octanol–water partition coefficient (Wildman–Crippen LogP) is 4.03. The van der Waals surface area contributed by atoms with Gasteiger partial charge in [-0.15, -0.1) is 0 Å². The minimum Gasteiger partial charge on any atom is -0.461 e. The first-order valence-electron chi connectivity index (χ1n) is 9.77. The first-order chi connectivity index (χ1) is 12.7. The molecule has 2 aliphatic heterocycles. The lowest BCUT2D eigenvalue weighted by Gasteiger charge is -2.27. The molecule has 2 saturated heterocycles. The van der Waals surface area contributed by atoms with Crippen molar-refractivity contribution in [3.63, 3.8) is 0 Å². The van der Waals surface area contributed by atoms with Crippen molar-refractivity contribution in [3.8, 4) is 0 Å². The third-order valence-electron chi connectivity index (χ3n) is 5.91. The molecule has 0 aromatic carbocycles. The summed E-state index contributed by atoms with van der Waals surface area (Å²) in [6, 6.07) is 0. The minimum absolute atomic E-state index is 0.190. The molecular formula is C22H30O5. The quantitative estimate of drug-likeness (QED) is 0.300. The number of carbonyl (C=O) groups excluding carboxylic acids is 2. The largest absolute Gasteiger partial charge is 0.461 e. The molecule has 5 atom stereocenters. The Kier molecular flexibility index (Phi) is 5.61. The number of esters is 2. The monoisotopic (exact) mass is 374 g/mol. The first kappa shape index (κ1) is 19.9. The average Bonchev–Trinajstić information content (AvgIpc) is 3.14. The van der Waals surface area contributed by atoms with Gasteiger partial charge in [0, 0.05) is 18.9 Å². The van der Waals surface area contributed by atoms with Gasteiger partial charge in [-0.1, -0.05) is 29.9 Å². The van der Waals surface area contributed by atoms with Crippen LogP contribution < -0.4 is 0 Å². The zero-order chi connectivity index (χ0) is 19.8. The predicted molar refractivity (Wildman–Crippen MR) is 102 cm³/mol. The smallest absolute Gasteiger partial charge is 0.334 e. The molecule has 3 rings (SSSR count). The van der Waals surface area contributed by atoms with E-state index in [0.717, 1.165) is 31.3 Å². The third kappa shape index (κ3) is 4.34. The standard InChI is InChI=1S/C22H30O5/c1-13-8-6-9-14(2)12-17(25-16(4)23)18-15(3)21(24)26-19(18)20-22(5,27-20)11-7-10-13/h9-10,17-20H,3,6-8,11-12H2,1-2,4-5H3/b13-10-,14-9-/t17-,18+,19-,20-,22+/m0/s1. The van der Waals surface area contributed by atoms with Gasteiger partial charge in [0.15, 0.2) is 0 Å². The second kappa shape index (κ2) is 7.63. The van der Waals surface area contributed by atoms with Gasteiger partial charge in [0.2, 0.25) is 0 Å². The summed E-state index contributed by atoms with van der Waals surface area (Å²) in [6.07, 6.45) is 7.66. The molecule has 1 aliphatic carbocycles. The summed E-state index contributed by atoms with van der Waals surface area (Å²) in [5.74, 6) is -1.16. The molecule has 5 nitrogen and oxygen atoms in total. The molecule has 0 amide bonds. The Hall–Kier alpha value is -1.88. The summed E-state index contributed by atoms with van der Waals surface area (Å²) < 4.78 is 17.3. The fraction of sp³-hybridized carbons (Fsp3) is 0.636. The molecule has 5 heteroatoms. The highest BCUT2D eigenvalue weighted by molar-refractivity contribution is 5.91. The Morgan fingerprint density at radius 2 is 1.96 bits per heavy atom. The Morgan fingerprint density at radius 3 is 2.67 bits per heavy atom. The summed E-state index contributed by atoms with van der Waals surface area (Å²) in [5, 5.41) is 0. The molecule has 148 valence electrons. The van der Waals surface area contributed by atoms with Crippen LogP contribution in [0.1, 0.15) is 59.8 Å². The highest BCUT2D eigenvalue weighted by atomic mass is 16.6. The van der Waals surface area contributed by atoms with Gasteiger partial charge in [-0.2, -0.15) is 0 Å². The molecule has 2 heterocycles. The van der Waals surface area contributed by atoms with Crippen molar-refractivity contribution >= 4 is 11.9 Å². The van der Waals surface area contributed by atoms with E-state index in [4.69, 9.17) is 14.2 Å². The van der Waals surface area contributed by atoms with Crippen molar-refractivity contribution in [2.75, 3.05) is 0 Å². The maximum atomic E-state index is 12.3. The number of rotatable bonds is 1. The van der Waals surface area contributed by atoms with Crippen LogP contribution in [0.2, 0.25) is 0 Å². The van der Waals surface area contributed by atoms with E-state index in [0.29, 0.717) is 12.0 Å². The van der Waals surface area contributed by atoms with E-state index in [9.17, 15) is 9.59 Å². The van der Waals surface area contributed by atoms with E-state index in [2.05, 4.69) is 32.6 Å². The molecule has 0 N–H and O–H groups in total. The number of carbonyl (C=O) groups is 2. The van der Waals surface area contributed by atoms with Crippen LogP contribution in [0.3, 0.4) is 0 Å². The minimum atomic E-state index is -0.476. The van der Waals surface area contributed by atoms with Crippen LogP contribution in [0.4, 0.5) is 0 Å². The van der Waals surface area contributed by atoms with Crippen molar-refractivity contribution in [3.05, 3.63) is 35.5 Å². The molecule has 0 unspecified atom stereocenters. The molecule has 0 aromatic heterocycles. The Morgan fingerprint density at radius 1 is 1.26 bits per heavy atom. The van der Waals surface area contributed by atoms with Crippen molar-refractivity contribution in [1.29, 1.82) is 0 Å². The lowest BCUT2D eigenvalue weighted by molar-refractivity contribution is -0.150. The lowest BCUT2D eigenvalue weighted by atomic mass is 9.83. The molecule has 3 aliphatic rings. The number of fused-ring (bicyclic) bond motifs is 3. The van der Waals surface area contributed by atoms with Crippen LogP contribution in [0, 0.1) is 5.92 Å². The number of allylic oxidation sites excluding steroid dienone is 3. The number of hydrogen-bond donors (Lipinski definition) is 0. The van der Waals surface area contributed by atoms with Gasteiger partial charge in [-0.3, -0.25) is 4.79 Å². The third-order valence-corrected chi connectivity index (χ3v) is 5.91. The normalized spacial score (nSPS) is 41.0. The van der Waals surface area contributed by atoms with Crippen LogP contribution in [0.25, 0.3) is 0 Å². The fourth-order valence-corrected chi connectivity index (χ4v) is 4.27. The van der Waals surface area contributed by atoms with E-state index < -0.39 is 18.2 Å². The molecule has 2 fully saturated rings. The second-order valence-corrected chi connectivity index (χ2v) is 8.30. The van der Waals surface area contributed by atoms with Crippen molar-refractivity contribution in [1.82, 2.24) is 0 Å². The van der Waals surface area contributed by atoms with E-state index in [-0.39, 0.29) is 23.6 Å². The van der Waals surface area contributed by atoms with Gasteiger partial charge in [0.1, 0.15) is 18.3 Å². The second-order valence-electron chi connectivity index (χ2n) is 8.30. The highest BCUT2D eigenvalue weighted by Crippen LogP contribution is 2.49. The summed E-state index contributed by atoms with van der Waals surface area (Å²) in [7, 11) is 0. The van der Waals surface area contributed by atoms with Crippen LogP contribution in [0.15, 0.2) is 35.5 Å². The average molecular weight is 374 g/mol. The first-order valence-corrected chi connectivity index (χ1v) is 9.77. The van der Waals surface area contributed by atoms with Gasteiger partial charge in [0.05, 0.1) is 11.5 Å². The van der Waals surface area contributed by atoms with E-state index in [1.807, 2.05) is 6.92 Å². The van der Waals surface area contributed by atoms with E-state index >= 15 is 0 Å². The number of epoxide rings is 1. The fourth-order valence-electron chi connectivity index (χ4n) is 4.27. The summed E-state index contributed by atoms with van der Waals surface area (Å²) in [5.41, 5.74) is 2.56. The summed E-state index contributed by atoms with van der Waals surface area (Å²) in [4.78, 5) is 24.0. The van der Waals surface area contributed by atoms with Crippen molar-refractivity contribution in [2.45, 2.75) is 83.7 Å². The van der Waals surface area contributed by atoms with Crippen LogP contribution in [-0.4, -0.2) is 35.9 Å². The molecule has 0 aromatic rings. The topological polar surface area (TPSA) is 65.1 Å². The molecular weight excluding hydrogens is 344 g/mol. The van der Waals surface area contributed by atoms with E-state index in [1.54, 1.807) is 0 Å². The Labute approximate surface area is 161 Å². The Balaban J connectivity index is 1.92. The van der Waals surface area contributed by atoms with Crippen molar-refractivity contribution < 1.29 is 23.8 Å². The zero-order valence-electron chi connectivity index (χ0n) is 16.7. The van der Waals surface area contributed by atoms with Gasteiger partial charge in [-0.05, 0) is 46.5 Å². The molecule has 0 spiro atoms. The molecule has 0 saturated carbocycles. The SMILES string of the molecule is C=C1C(=O)O[C@H]2[C@H]1[C@@H](OC(C)=O)C/C(C)=C\CC/C(C)=C\CC[C@@]1(C)O[C@@H]21. The molecule has 0 radical (unpaired) electrons. The van der Waals surface area contributed by atoms with E-state index in [1.165, 1.54) is 12.5 Å². The number of ether oxygens (including phenoxy) is 3. The van der Waals surface area contributed by atoms with Gasteiger partial charge in [-0.25, -0.2) is 4.79 Å². The maximum absolute atomic E-state index is 12.3. The maximum Gasteiger partial charge on any atom is 0.334 e. The molecule has 27 heavy (non-hydrogen) atoms. The zero-order valence-corrected chi connectivity index (χ0v) is 16.7. The van der Waals surface area contributed by atoms with Crippen molar-refractivity contribution in [2.24, 2.45) is 5.92 Å². The van der Waals surface area contributed by atoms with Gasteiger partial charge < -0.3 is 14.2 Å². The number of hydrogen-bond acceptors (Lipinski definition) is 5. The van der Waals surface area contributed by atoms with Crippen LogP contribution in [-0.2, 0) is 23.8 Å².